The molecular weight excluding hydrogens is 364 g/mol. The third-order valence-corrected chi connectivity index (χ3v) is 6.75. The Morgan fingerprint density at radius 1 is 1.31 bits per heavy atom. The molecule has 0 aromatic carbocycles. The van der Waals surface area contributed by atoms with Crippen molar-refractivity contribution < 1.29 is 9.68 Å². The second kappa shape index (κ2) is 5.45. The first kappa shape index (κ1) is 16.9. The minimum atomic E-state index is -1.52. The number of hydrogen-bond acceptors (Lipinski definition) is 8. The lowest BCUT2D eigenvalue weighted by Crippen LogP contribution is -2.59. The van der Waals surface area contributed by atoms with Crippen molar-refractivity contribution in [1.29, 1.82) is 0 Å². The Labute approximate surface area is 152 Å². The Balaban J connectivity index is 1.89. The van der Waals surface area contributed by atoms with Gasteiger partial charge >= 0.3 is 5.96 Å². The van der Waals surface area contributed by atoms with E-state index >= 15 is 0 Å². The zero-order valence-corrected chi connectivity index (χ0v) is 14.3. The van der Waals surface area contributed by atoms with Gasteiger partial charge in [-0.2, -0.15) is 0 Å². The zero-order chi connectivity index (χ0) is 18.7. The third-order valence-electron chi connectivity index (χ3n) is 6.04. The van der Waals surface area contributed by atoms with Gasteiger partial charge in [0.25, 0.3) is 0 Å². The molecule has 0 radical (unpaired) electrons. The van der Waals surface area contributed by atoms with Crippen LogP contribution in [0, 0.1) is 17.8 Å². The van der Waals surface area contributed by atoms with Crippen molar-refractivity contribution in [2.45, 2.75) is 22.8 Å². The molecule has 1 saturated carbocycles. The molecule has 2 unspecified atom stereocenters. The summed E-state index contributed by atoms with van der Waals surface area (Å²) in [5.41, 5.74) is 27.2. The molecule has 1 saturated heterocycles. The first-order valence-corrected chi connectivity index (χ1v) is 8.50. The summed E-state index contributed by atoms with van der Waals surface area (Å²) in [6.45, 7) is 0.578. The van der Waals surface area contributed by atoms with E-state index in [1.807, 2.05) is 0 Å². The van der Waals surface area contributed by atoms with Crippen molar-refractivity contribution in [1.82, 2.24) is 10.6 Å². The summed E-state index contributed by atoms with van der Waals surface area (Å²) in [4.78, 5) is 9.96. The van der Waals surface area contributed by atoms with Gasteiger partial charge in [0.2, 0.25) is 11.9 Å². The van der Waals surface area contributed by atoms with Gasteiger partial charge in [-0.05, 0) is 22.9 Å². The third kappa shape index (κ3) is 1.80. The van der Waals surface area contributed by atoms with Crippen LogP contribution >= 0.6 is 11.6 Å². The summed E-state index contributed by atoms with van der Waals surface area (Å²) >= 11 is 6.87. The fourth-order valence-corrected chi connectivity index (χ4v) is 5.90. The van der Waals surface area contributed by atoms with Gasteiger partial charge in [0, 0.05) is 22.9 Å². The van der Waals surface area contributed by atoms with E-state index in [1.54, 1.807) is 4.58 Å². The highest BCUT2D eigenvalue weighted by atomic mass is 35.5. The van der Waals surface area contributed by atoms with Gasteiger partial charge in [-0.15, -0.1) is 11.6 Å². The van der Waals surface area contributed by atoms with E-state index in [-0.39, 0.29) is 30.9 Å². The van der Waals surface area contributed by atoms with Crippen LogP contribution in [0.5, 0.6) is 0 Å². The van der Waals surface area contributed by atoms with Crippen molar-refractivity contribution in [3.8, 4) is 0 Å². The lowest BCUT2D eigenvalue weighted by molar-refractivity contribution is -0.613. The number of alkyl halides is 1. The number of halogens is 1. The number of nitrogens with two attached hydrogens (primary N) is 2. The van der Waals surface area contributed by atoms with Crippen LogP contribution in [0.1, 0.15) is 0 Å². The van der Waals surface area contributed by atoms with Crippen LogP contribution in [0.4, 0.5) is 0 Å². The number of azide groups is 2. The second-order valence-corrected chi connectivity index (χ2v) is 7.44. The molecule has 14 heteroatoms. The molecule has 1 spiro atoms. The zero-order valence-electron chi connectivity index (χ0n) is 13.6. The summed E-state index contributed by atoms with van der Waals surface area (Å²) in [5, 5.41) is 24.3. The molecule has 26 heavy (non-hydrogen) atoms. The Hall–Kier alpha value is -2.59. The molecule has 0 bridgehead atoms. The minimum absolute atomic E-state index is 0.0854. The molecule has 0 aromatic heterocycles. The van der Waals surface area contributed by atoms with E-state index in [0.717, 1.165) is 0 Å². The van der Waals surface area contributed by atoms with Gasteiger partial charge in [-0.25, -0.2) is 9.57 Å². The Kier molecular flexibility index (Phi) is 3.53. The van der Waals surface area contributed by atoms with Crippen LogP contribution < -0.4 is 22.1 Å². The largest absolute Gasteiger partial charge is 0.370 e. The molecular formula is C12H18ClN12O+. The van der Waals surface area contributed by atoms with E-state index in [9.17, 15) is 5.11 Å². The Bertz CT molecular complexity index is 815. The summed E-state index contributed by atoms with van der Waals surface area (Å²) < 4.78 is 1.77. The topological polar surface area (TPSA) is 209 Å². The quantitative estimate of drug-likeness (QED) is 0.132. The highest BCUT2D eigenvalue weighted by molar-refractivity contribution is 6.22. The van der Waals surface area contributed by atoms with Gasteiger partial charge in [0.15, 0.2) is 5.96 Å². The number of aliphatic hydroxyl groups is 1. The Morgan fingerprint density at radius 3 is 2.62 bits per heavy atom. The molecule has 7 N–H and O–H groups in total. The summed E-state index contributed by atoms with van der Waals surface area (Å²) in [7, 11) is 0. The van der Waals surface area contributed by atoms with E-state index < -0.39 is 28.7 Å². The van der Waals surface area contributed by atoms with Crippen molar-refractivity contribution in [3.63, 3.8) is 0 Å². The SMILES string of the molecule is [N-]=[N+]=NC[C@@H]1[C@@H](CN=[N+]=[N-])[C@H](Cl)[C@@]23CNC(N)=[N+]2C2N=C(N)NC2(O)[C@@H]13. The van der Waals surface area contributed by atoms with Crippen LogP contribution in [-0.2, 0) is 0 Å². The Morgan fingerprint density at radius 2 is 1.96 bits per heavy atom. The van der Waals surface area contributed by atoms with Crippen LogP contribution in [0.25, 0.3) is 20.9 Å². The smallest absolute Gasteiger partial charge is 0.346 e. The highest BCUT2D eigenvalue weighted by Crippen LogP contribution is 2.60. The highest BCUT2D eigenvalue weighted by Gasteiger charge is 2.80. The molecule has 1 aliphatic carbocycles. The monoisotopic (exact) mass is 381 g/mol. The van der Waals surface area contributed by atoms with Crippen LogP contribution in [-0.4, -0.2) is 64.0 Å². The van der Waals surface area contributed by atoms with Gasteiger partial charge in [-0.1, -0.05) is 10.2 Å². The number of hydrogen-bond donors (Lipinski definition) is 5. The molecule has 3 heterocycles. The molecule has 13 nitrogen and oxygen atoms in total. The molecule has 4 rings (SSSR count). The molecule has 138 valence electrons. The first-order valence-electron chi connectivity index (χ1n) is 8.07. The summed E-state index contributed by atoms with van der Waals surface area (Å²) in [6, 6.07) is 0. The molecule has 3 aliphatic heterocycles. The molecule has 0 aromatic rings. The lowest BCUT2D eigenvalue weighted by Gasteiger charge is -2.33. The van der Waals surface area contributed by atoms with Gasteiger partial charge in [-0.3, -0.25) is 11.1 Å². The van der Waals surface area contributed by atoms with Crippen molar-refractivity contribution in [2.24, 2.45) is 44.4 Å². The van der Waals surface area contributed by atoms with Crippen molar-refractivity contribution in [2.75, 3.05) is 19.6 Å². The average Bonchev–Trinajstić information content (AvgIpc) is 3.21. The van der Waals surface area contributed by atoms with E-state index in [0.29, 0.717) is 12.5 Å². The fourth-order valence-electron chi connectivity index (χ4n) is 5.32. The van der Waals surface area contributed by atoms with Gasteiger partial charge in [0.05, 0.1) is 11.3 Å². The fraction of sp³-hybridized carbons (Fsp3) is 0.833. The normalized spacial score (nSPS) is 44.8. The molecule has 0 amide bonds. The standard InChI is InChI=1S/C12H17ClN12O/c13-7-5(2-20-24-17)4(1-19-23-16)6-11(7)3-18-10(15)25(11)8-12(6,26)22-9(14)21-8/h4-8,26H,1-3H2,(H5,14,15,18,21,22)/p+1/t4-,5-,6+,7+,8?,11+,12?/m1/s1. The van der Waals surface area contributed by atoms with Crippen LogP contribution in [0.2, 0.25) is 0 Å². The number of nitrogens with zero attached hydrogens (tertiary/aromatic N) is 8. The predicted molar refractivity (Wildman–Crippen MR) is 91.8 cm³/mol. The van der Waals surface area contributed by atoms with E-state index in [4.69, 9.17) is 34.1 Å². The van der Waals surface area contributed by atoms with Crippen molar-refractivity contribution >= 4 is 23.5 Å². The van der Waals surface area contributed by atoms with Gasteiger partial charge in [0.1, 0.15) is 12.1 Å². The number of fused-ring (bicyclic) bond motifs is 3. The molecule has 2 fully saturated rings. The number of aliphatic imine (C=N–C) groups is 1. The van der Waals surface area contributed by atoms with Crippen molar-refractivity contribution in [3.05, 3.63) is 20.9 Å². The molecule has 4 aliphatic rings. The van der Waals surface area contributed by atoms with Gasteiger partial charge < -0.3 is 16.2 Å². The number of guanidine groups is 2. The van der Waals surface area contributed by atoms with Crippen LogP contribution in [0.15, 0.2) is 15.2 Å². The second-order valence-electron chi connectivity index (χ2n) is 6.97. The van der Waals surface area contributed by atoms with E-state index in [1.165, 1.54) is 0 Å². The maximum atomic E-state index is 11.5. The maximum Gasteiger partial charge on any atom is 0.346 e. The first-order chi connectivity index (χ1) is 12.4. The molecule has 7 atom stereocenters. The lowest BCUT2D eigenvalue weighted by atomic mass is 9.78. The van der Waals surface area contributed by atoms with Crippen LogP contribution in [0.3, 0.4) is 0 Å². The summed E-state index contributed by atoms with van der Waals surface area (Å²) in [5.74, 6) is -0.762. The number of nitrogens with one attached hydrogen (secondary N) is 2. The van der Waals surface area contributed by atoms with E-state index in [2.05, 4.69) is 35.7 Å². The minimum Gasteiger partial charge on any atom is -0.370 e. The predicted octanol–water partition coefficient (Wildman–Crippen LogP) is -1.31. The average molecular weight is 382 g/mol. The summed E-state index contributed by atoms with van der Waals surface area (Å²) in [6.07, 6.45) is -0.752. The maximum absolute atomic E-state index is 11.5. The number of rotatable bonds is 4.